The van der Waals surface area contributed by atoms with Crippen LogP contribution in [0, 0.1) is 6.92 Å². The summed E-state index contributed by atoms with van der Waals surface area (Å²) in [5.74, 6) is 0. The maximum Gasteiger partial charge on any atom is 0.163 e. The van der Waals surface area contributed by atoms with Crippen molar-refractivity contribution in [3.63, 3.8) is 0 Å². The number of aromatic nitrogens is 5. The van der Waals surface area contributed by atoms with Gasteiger partial charge >= 0.3 is 0 Å². The van der Waals surface area contributed by atoms with Crippen LogP contribution >= 0.6 is 0 Å². The predicted octanol–water partition coefficient (Wildman–Crippen LogP) is 6.23. The van der Waals surface area contributed by atoms with Gasteiger partial charge < -0.3 is 8.97 Å². The highest BCUT2D eigenvalue weighted by atomic mass is 15.1. The molecule has 0 unspecified atom stereocenters. The van der Waals surface area contributed by atoms with Gasteiger partial charge in [-0.05, 0) is 38.0 Å². The molecule has 0 atom stereocenters. The molecule has 5 aromatic rings. The number of aryl methyl sites for hydroxylation is 1. The average Bonchev–Trinajstić information content (AvgIpc) is 3.45. The summed E-state index contributed by atoms with van der Waals surface area (Å²) in [5.41, 5.74) is 8.39. The lowest BCUT2D eigenvalue weighted by molar-refractivity contribution is 0.359. The van der Waals surface area contributed by atoms with Crippen LogP contribution in [0.3, 0.4) is 0 Å². The van der Waals surface area contributed by atoms with E-state index < -0.39 is 0 Å². The Hall–Kier alpha value is -3.47. The number of hydrogen-bond acceptors (Lipinski definition) is 3. The normalized spacial score (nSPS) is 15.1. The molecule has 0 radical (unpaired) electrons. The number of benzene rings is 2. The van der Waals surface area contributed by atoms with E-state index in [9.17, 15) is 0 Å². The number of rotatable bonds is 3. The average molecular weight is 408 g/mol. The molecule has 0 N–H and O–H groups in total. The molecule has 31 heavy (non-hydrogen) atoms. The fourth-order valence-electron chi connectivity index (χ4n) is 4.89. The summed E-state index contributed by atoms with van der Waals surface area (Å²) in [6.45, 7) is 2.11. The number of imidazole rings is 2. The minimum absolute atomic E-state index is 0.548. The zero-order chi connectivity index (χ0) is 20.8. The molecule has 1 fully saturated rings. The largest absolute Gasteiger partial charge is 0.327 e. The summed E-state index contributed by atoms with van der Waals surface area (Å²) in [4.78, 5) is 14.4. The van der Waals surface area contributed by atoms with Gasteiger partial charge in [-0.3, -0.25) is 0 Å². The highest BCUT2D eigenvalue weighted by Gasteiger charge is 2.19. The number of nitrogens with zero attached hydrogens (tertiary/aromatic N) is 5. The summed E-state index contributed by atoms with van der Waals surface area (Å²) < 4.78 is 4.45. The molecule has 154 valence electrons. The van der Waals surface area contributed by atoms with Gasteiger partial charge in [-0.1, -0.05) is 49.1 Å². The van der Waals surface area contributed by atoms with E-state index in [0.29, 0.717) is 6.04 Å². The molecule has 2 aromatic carbocycles. The molecule has 6 rings (SSSR count). The summed E-state index contributed by atoms with van der Waals surface area (Å²) in [5, 5.41) is 0. The Morgan fingerprint density at radius 2 is 1.84 bits per heavy atom. The Kier molecular flexibility index (Phi) is 4.34. The first kappa shape index (κ1) is 18.3. The summed E-state index contributed by atoms with van der Waals surface area (Å²) in [7, 11) is 0. The maximum absolute atomic E-state index is 5.08. The molecular weight excluding hydrogens is 382 g/mol. The van der Waals surface area contributed by atoms with Gasteiger partial charge in [0.2, 0.25) is 0 Å². The SMILES string of the molecule is Cc1cccc(-c2cn3ccnc3c(-c3ccc4ncn(C5CCCCC5)c4c3)n2)c1. The summed E-state index contributed by atoms with van der Waals surface area (Å²) in [6.07, 6.45) is 14.3. The molecule has 1 aliphatic carbocycles. The monoisotopic (exact) mass is 407 g/mol. The second-order valence-corrected chi connectivity index (χ2v) is 8.65. The van der Waals surface area contributed by atoms with Crippen molar-refractivity contribution in [3.05, 3.63) is 72.9 Å². The van der Waals surface area contributed by atoms with Gasteiger partial charge in [0.15, 0.2) is 5.65 Å². The van der Waals surface area contributed by atoms with Crippen LogP contribution in [0.5, 0.6) is 0 Å². The maximum atomic E-state index is 5.08. The first-order valence-corrected chi connectivity index (χ1v) is 11.1. The first-order valence-electron chi connectivity index (χ1n) is 11.1. The lowest BCUT2D eigenvalue weighted by Gasteiger charge is -2.23. The van der Waals surface area contributed by atoms with Crippen molar-refractivity contribution < 1.29 is 0 Å². The van der Waals surface area contributed by atoms with Gasteiger partial charge in [-0.15, -0.1) is 0 Å². The minimum atomic E-state index is 0.548. The fraction of sp³-hybridized carbons (Fsp3) is 0.269. The zero-order valence-corrected chi connectivity index (χ0v) is 17.7. The van der Waals surface area contributed by atoms with E-state index in [1.807, 2.05) is 18.7 Å². The highest BCUT2D eigenvalue weighted by molar-refractivity contribution is 5.85. The Labute approximate surface area is 181 Å². The van der Waals surface area contributed by atoms with Crippen molar-refractivity contribution in [1.29, 1.82) is 0 Å². The van der Waals surface area contributed by atoms with Crippen LogP contribution in [0.1, 0.15) is 43.7 Å². The summed E-state index contributed by atoms with van der Waals surface area (Å²) >= 11 is 0. The van der Waals surface area contributed by atoms with Crippen LogP contribution in [0.2, 0.25) is 0 Å². The van der Waals surface area contributed by atoms with Gasteiger partial charge in [-0.2, -0.15) is 0 Å². The Morgan fingerprint density at radius 3 is 2.71 bits per heavy atom. The molecule has 0 saturated heterocycles. The van der Waals surface area contributed by atoms with Gasteiger partial charge in [0.25, 0.3) is 0 Å². The second-order valence-electron chi connectivity index (χ2n) is 8.65. The van der Waals surface area contributed by atoms with E-state index >= 15 is 0 Å². The number of hydrogen-bond donors (Lipinski definition) is 0. The Bertz CT molecular complexity index is 1390. The van der Waals surface area contributed by atoms with Crippen LogP contribution < -0.4 is 0 Å². The van der Waals surface area contributed by atoms with E-state index in [-0.39, 0.29) is 0 Å². The van der Waals surface area contributed by atoms with Crippen molar-refractivity contribution in [2.45, 2.75) is 45.1 Å². The first-order chi connectivity index (χ1) is 15.3. The molecular formula is C26H25N5. The lowest BCUT2D eigenvalue weighted by Crippen LogP contribution is -2.11. The van der Waals surface area contributed by atoms with Crippen LogP contribution in [0.25, 0.3) is 39.2 Å². The molecule has 3 heterocycles. The molecule has 0 spiro atoms. The highest BCUT2D eigenvalue weighted by Crippen LogP contribution is 2.33. The molecule has 1 aliphatic rings. The molecule has 3 aromatic heterocycles. The van der Waals surface area contributed by atoms with Gasteiger partial charge in [0.05, 0.1) is 23.1 Å². The fourth-order valence-corrected chi connectivity index (χ4v) is 4.89. The lowest BCUT2D eigenvalue weighted by atomic mass is 9.95. The van der Waals surface area contributed by atoms with Gasteiger partial charge in [0, 0.05) is 35.8 Å². The van der Waals surface area contributed by atoms with E-state index in [1.165, 1.54) is 43.2 Å². The van der Waals surface area contributed by atoms with E-state index in [1.54, 1.807) is 0 Å². The van der Waals surface area contributed by atoms with Crippen molar-refractivity contribution in [3.8, 4) is 22.5 Å². The second kappa shape index (κ2) is 7.34. The van der Waals surface area contributed by atoms with E-state index in [4.69, 9.17) is 4.98 Å². The molecule has 0 bridgehead atoms. The van der Waals surface area contributed by atoms with E-state index in [2.05, 4.69) is 74.5 Å². The Morgan fingerprint density at radius 1 is 0.935 bits per heavy atom. The van der Waals surface area contributed by atoms with Gasteiger partial charge in [0.1, 0.15) is 5.69 Å². The topological polar surface area (TPSA) is 48.0 Å². The molecule has 5 heteroatoms. The third kappa shape index (κ3) is 3.21. The predicted molar refractivity (Wildman–Crippen MR) is 124 cm³/mol. The third-order valence-corrected chi connectivity index (χ3v) is 6.50. The van der Waals surface area contributed by atoms with Crippen molar-refractivity contribution >= 4 is 16.7 Å². The van der Waals surface area contributed by atoms with Crippen LogP contribution in [0.15, 0.2) is 67.4 Å². The third-order valence-electron chi connectivity index (χ3n) is 6.50. The van der Waals surface area contributed by atoms with Crippen LogP contribution in [0.4, 0.5) is 0 Å². The minimum Gasteiger partial charge on any atom is -0.327 e. The standard InChI is InChI=1S/C26H25N5/c1-18-6-5-7-19(14-18)23-16-30-13-12-27-26(30)25(29-23)20-10-11-22-24(15-20)31(17-28-22)21-8-3-2-4-9-21/h5-7,10-17,21H,2-4,8-9H2,1H3. The molecule has 0 amide bonds. The van der Waals surface area contributed by atoms with Crippen molar-refractivity contribution in [2.75, 3.05) is 0 Å². The smallest absolute Gasteiger partial charge is 0.163 e. The molecule has 0 aliphatic heterocycles. The van der Waals surface area contributed by atoms with Gasteiger partial charge in [-0.25, -0.2) is 15.0 Å². The Balaban J connectivity index is 1.52. The van der Waals surface area contributed by atoms with E-state index in [0.717, 1.165) is 33.7 Å². The molecule has 5 nitrogen and oxygen atoms in total. The number of fused-ring (bicyclic) bond motifs is 2. The van der Waals surface area contributed by atoms with Crippen molar-refractivity contribution in [1.82, 2.24) is 23.9 Å². The quantitative estimate of drug-likeness (QED) is 0.356. The summed E-state index contributed by atoms with van der Waals surface area (Å²) in [6, 6.07) is 15.5. The molecule has 1 saturated carbocycles. The van der Waals surface area contributed by atoms with Crippen molar-refractivity contribution in [2.24, 2.45) is 0 Å². The van der Waals surface area contributed by atoms with Crippen LogP contribution in [-0.4, -0.2) is 23.9 Å². The zero-order valence-electron chi connectivity index (χ0n) is 17.7. The van der Waals surface area contributed by atoms with Crippen LogP contribution in [-0.2, 0) is 0 Å².